The lowest BCUT2D eigenvalue weighted by Crippen LogP contribution is -2.07. The number of alkyl halides is 1. The zero-order valence-electron chi connectivity index (χ0n) is 8.62. The molecule has 0 amide bonds. The van der Waals surface area contributed by atoms with Crippen LogP contribution in [0.2, 0.25) is 0 Å². The Hall–Kier alpha value is -0.540. The molecule has 0 aliphatic rings. The molecule has 1 aromatic carbocycles. The Morgan fingerprint density at radius 2 is 2.07 bits per heavy atom. The van der Waals surface area contributed by atoms with E-state index in [4.69, 9.17) is 4.74 Å². The van der Waals surface area contributed by atoms with Crippen molar-refractivity contribution in [3.05, 3.63) is 29.3 Å². The van der Waals surface area contributed by atoms with E-state index in [-0.39, 0.29) is 4.83 Å². The fourth-order valence-electron chi connectivity index (χ4n) is 1.35. The van der Waals surface area contributed by atoms with Gasteiger partial charge in [0.1, 0.15) is 5.75 Å². The van der Waals surface area contributed by atoms with Gasteiger partial charge in [-0.25, -0.2) is 0 Å². The van der Waals surface area contributed by atoms with E-state index in [1.165, 1.54) is 0 Å². The smallest absolute Gasteiger partial charge is 0.121 e. The number of ether oxygens (including phenoxy) is 1. The molecule has 0 bridgehead atoms. The second kappa shape index (κ2) is 4.80. The quantitative estimate of drug-likeness (QED) is 0.846. The second-order valence-electron chi connectivity index (χ2n) is 3.35. The van der Waals surface area contributed by atoms with Gasteiger partial charge in [-0.3, -0.25) is 0 Å². The van der Waals surface area contributed by atoms with Gasteiger partial charge in [0.05, 0.1) is 13.2 Å². The normalized spacial score (nSPS) is 14.9. The van der Waals surface area contributed by atoms with Crippen molar-refractivity contribution >= 4 is 15.9 Å². The number of benzene rings is 1. The summed E-state index contributed by atoms with van der Waals surface area (Å²) in [6.07, 6.45) is -0.473. The monoisotopic (exact) mass is 258 g/mol. The lowest BCUT2D eigenvalue weighted by molar-refractivity contribution is 0.181. The molecule has 14 heavy (non-hydrogen) atoms. The Morgan fingerprint density at radius 1 is 1.43 bits per heavy atom. The molecule has 2 nitrogen and oxygen atoms in total. The molecular formula is C11H15BrO2. The van der Waals surface area contributed by atoms with E-state index in [1.54, 1.807) is 7.11 Å². The molecule has 1 aromatic rings. The van der Waals surface area contributed by atoms with Crippen molar-refractivity contribution < 1.29 is 9.84 Å². The number of hydrogen-bond donors (Lipinski definition) is 1. The third-order valence-corrected chi connectivity index (χ3v) is 2.70. The zero-order chi connectivity index (χ0) is 10.7. The highest BCUT2D eigenvalue weighted by Crippen LogP contribution is 2.26. The summed E-state index contributed by atoms with van der Waals surface area (Å²) in [4.78, 5) is 0.0512. The number of methoxy groups -OCH3 is 1. The standard InChI is InChI=1S/C11H15BrO2/c1-7-6-9(11(13)8(2)12)4-5-10(7)14-3/h4-6,8,11,13H,1-3H3. The lowest BCUT2D eigenvalue weighted by atomic mass is 10.0. The molecule has 0 radical (unpaired) electrons. The average Bonchev–Trinajstić information content (AvgIpc) is 2.16. The highest BCUT2D eigenvalue weighted by molar-refractivity contribution is 9.09. The number of halogens is 1. The van der Waals surface area contributed by atoms with Crippen molar-refractivity contribution in [2.45, 2.75) is 24.8 Å². The van der Waals surface area contributed by atoms with Crippen LogP contribution >= 0.6 is 15.9 Å². The third-order valence-electron chi connectivity index (χ3n) is 2.20. The van der Waals surface area contributed by atoms with Gasteiger partial charge in [-0.1, -0.05) is 22.0 Å². The van der Waals surface area contributed by atoms with Crippen LogP contribution in [0.1, 0.15) is 24.2 Å². The minimum absolute atomic E-state index is 0.0512. The lowest BCUT2D eigenvalue weighted by Gasteiger charge is -2.15. The highest BCUT2D eigenvalue weighted by Gasteiger charge is 2.14. The predicted molar refractivity (Wildman–Crippen MR) is 61.1 cm³/mol. The Labute approximate surface area is 93.0 Å². The summed E-state index contributed by atoms with van der Waals surface area (Å²) in [6.45, 7) is 3.89. The maximum atomic E-state index is 9.80. The summed E-state index contributed by atoms with van der Waals surface area (Å²) < 4.78 is 5.15. The maximum absolute atomic E-state index is 9.80. The number of aliphatic hydroxyl groups is 1. The molecule has 78 valence electrons. The molecule has 0 aliphatic heterocycles. The molecule has 2 atom stereocenters. The summed E-state index contributed by atoms with van der Waals surface area (Å²) in [6, 6.07) is 5.71. The Morgan fingerprint density at radius 3 is 2.50 bits per heavy atom. The van der Waals surface area contributed by atoms with Gasteiger partial charge in [0.25, 0.3) is 0 Å². The fourth-order valence-corrected chi connectivity index (χ4v) is 1.66. The van der Waals surface area contributed by atoms with Crippen LogP contribution in [-0.2, 0) is 0 Å². The van der Waals surface area contributed by atoms with Crippen LogP contribution < -0.4 is 4.74 Å². The molecule has 0 heterocycles. The van der Waals surface area contributed by atoms with Crippen molar-refractivity contribution in [3.63, 3.8) is 0 Å². The number of aryl methyl sites for hydroxylation is 1. The van der Waals surface area contributed by atoms with Crippen LogP contribution in [0.25, 0.3) is 0 Å². The Kier molecular flexibility index (Phi) is 3.96. The van der Waals surface area contributed by atoms with E-state index >= 15 is 0 Å². The van der Waals surface area contributed by atoms with Gasteiger partial charge in [-0.15, -0.1) is 0 Å². The molecule has 0 spiro atoms. The summed E-state index contributed by atoms with van der Waals surface area (Å²) in [5.74, 6) is 0.850. The maximum Gasteiger partial charge on any atom is 0.121 e. The van der Waals surface area contributed by atoms with Crippen molar-refractivity contribution in [1.82, 2.24) is 0 Å². The number of rotatable bonds is 3. The van der Waals surface area contributed by atoms with Crippen LogP contribution in [0.3, 0.4) is 0 Å². The van der Waals surface area contributed by atoms with Crippen LogP contribution in [0, 0.1) is 6.92 Å². The summed E-state index contributed by atoms with van der Waals surface area (Å²) in [7, 11) is 1.64. The van der Waals surface area contributed by atoms with Gasteiger partial charge in [-0.2, -0.15) is 0 Å². The third kappa shape index (κ3) is 2.49. The van der Waals surface area contributed by atoms with Crippen LogP contribution in [0.4, 0.5) is 0 Å². The molecule has 0 aliphatic carbocycles. The molecule has 3 heteroatoms. The molecule has 0 saturated carbocycles. The van der Waals surface area contributed by atoms with E-state index in [2.05, 4.69) is 15.9 Å². The summed E-state index contributed by atoms with van der Waals surface area (Å²) >= 11 is 3.36. The van der Waals surface area contributed by atoms with Crippen molar-refractivity contribution in [1.29, 1.82) is 0 Å². The zero-order valence-corrected chi connectivity index (χ0v) is 10.2. The summed E-state index contributed by atoms with van der Waals surface area (Å²) in [5.41, 5.74) is 1.95. The van der Waals surface area contributed by atoms with Crippen LogP contribution in [0.15, 0.2) is 18.2 Å². The first-order valence-corrected chi connectivity index (χ1v) is 5.44. The van der Waals surface area contributed by atoms with Gasteiger partial charge < -0.3 is 9.84 Å². The minimum Gasteiger partial charge on any atom is -0.496 e. The van der Waals surface area contributed by atoms with E-state index in [0.717, 1.165) is 16.9 Å². The Balaban J connectivity index is 2.96. The van der Waals surface area contributed by atoms with Crippen molar-refractivity contribution in [2.24, 2.45) is 0 Å². The SMILES string of the molecule is COc1ccc(C(O)C(C)Br)cc1C. The van der Waals surface area contributed by atoms with E-state index in [0.29, 0.717) is 0 Å². The molecule has 0 aromatic heterocycles. The second-order valence-corrected chi connectivity index (χ2v) is 4.80. The predicted octanol–water partition coefficient (Wildman–Crippen LogP) is 2.82. The first kappa shape index (κ1) is 11.5. The van der Waals surface area contributed by atoms with E-state index in [1.807, 2.05) is 32.0 Å². The molecule has 1 rings (SSSR count). The largest absolute Gasteiger partial charge is 0.496 e. The minimum atomic E-state index is -0.473. The van der Waals surface area contributed by atoms with Gasteiger partial charge in [-0.05, 0) is 37.1 Å². The van der Waals surface area contributed by atoms with E-state index in [9.17, 15) is 5.11 Å². The van der Waals surface area contributed by atoms with Crippen molar-refractivity contribution in [2.75, 3.05) is 7.11 Å². The first-order valence-electron chi connectivity index (χ1n) is 4.53. The summed E-state index contributed by atoms with van der Waals surface area (Å²) in [5, 5.41) is 9.80. The topological polar surface area (TPSA) is 29.5 Å². The number of hydrogen-bond acceptors (Lipinski definition) is 2. The highest BCUT2D eigenvalue weighted by atomic mass is 79.9. The van der Waals surface area contributed by atoms with Gasteiger partial charge in [0, 0.05) is 4.83 Å². The molecular weight excluding hydrogens is 244 g/mol. The van der Waals surface area contributed by atoms with E-state index < -0.39 is 6.10 Å². The number of aliphatic hydroxyl groups excluding tert-OH is 1. The fraction of sp³-hybridized carbons (Fsp3) is 0.455. The van der Waals surface area contributed by atoms with Gasteiger partial charge in [0.2, 0.25) is 0 Å². The van der Waals surface area contributed by atoms with Crippen LogP contribution in [0.5, 0.6) is 5.75 Å². The molecule has 2 unspecified atom stereocenters. The molecule has 0 saturated heterocycles. The molecule has 1 N–H and O–H groups in total. The van der Waals surface area contributed by atoms with Gasteiger partial charge in [0.15, 0.2) is 0 Å². The molecule has 0 fully saturated rings. The van der Waals surface area contributed by atoms with Crippen molar-refractivity contribution in [3.8, 4) is 5.75 Å². The average molecular weight is 259 g/mol. The van der Waals surface area contributed by atoms with Gasteiger partial charge >= 0.3 is 0 Å². The van der Waals surface area contributed by atoms with Crippen LogP contribution in [-0.4, -0.2) is 17.0 Å². The first-order chi connectivity index (χ1) is 6.56. The Bertz CT molecular complexity index is 310.